The molecule has 1 unspecified atom stereocenters. The van der Waals surface area contributed by atoms with Gasteiger partial charge in [0.25, 0.3) is 0 Å². The van der Waals surface area contributed by atoms with Crippen LogP contribution in [0, 0.1) is 0 Å². The van der Waals surface area contributed by atoms with Gasteiger partial charge in [0.15, 0.2) is 11.7 Å². The molecule has 0 aliphatic carbocycles. The van der Waals surface area contributed by atoms with Crippen LogP contribution in [0.3, 0.4) is 0 Å². The molecule has 1 saturated heterocycles. The van der Waals surface area contributed by atoms with Crippen LogP contribution in [-0.4, -0.2) is 48.2 Å². The van der Waals surface area contributed by atoms with Gasteiger partial charge in [0.05, 0.1) is 5.69 Å². The molecular formula is C19H36IN5O. The molecule has 1 aromatic rings. The molecule has 1 fully saturated rings. The first-order valence-corrected chi connectivity index (χ1v) is 9.81. The smallest absolute Gasteiger partial charge is 0.191 e. The van der Waals surface area contributed by atoms with E-state index < -0.39 is 0 Å². The zero-order chi connectivity index (χ0) is 18.1. The Kier molecular flexibility index (Phi) is 11.2. The molecule has 2 N–H and O–H groups in total. The number of nitrogens with one attached hydrogen (secondary N) is 2. The Hall–Kier alpha value is -0.830. The molecule has 1 atom stereocenters. The van der Waals surface area contributed by atoms with Gasteiger partial charge in [-0.25, -0.2) is 4.99 Å². The largest absolute Gasteiger partial charge is 0.359 e. The predicted octanol–water partition coefficient (Wildman–Crippen LogP) is 3.74. The third kappa shape index (κ3) is 7.82. The quantitative estimate of drug-likeness (QED) is 0.259. The Bertz CT molecular complexity index is 532. The van der Waals surface area contributed by atoms with E-state index in [2.05, 4.69) is 53.4 Å². The molecule has 150 valence electrons. The fourth-order valence-corrected chi connectivity index (χ4v) is 3.15. The standard InChI is InChI=1S/C19H35N5O.HI/c1-5-20-19(22-14-17-13-18(15(2)3)23-25-17)21-10-8-12-24-11-7-6-9-16(24)4;/h13,15-16H,5-12,14H2,1-4H3,(H2,20,21,22);1H. The molecule has 7 heteroatoms. The van der Waals surface area contributed by atoms with Crippen molar-refractivity contribution in [1.29, 1.82) is 0 Å². The van der Waals surface area contributed by atoms with Gasteiger partial charge >= 0.3 is 0 Å². The highest BCUT2D eigenvalue weighted by Gasteiger charge is 2.17. The summed E-state index contributed by atoms with van der Waals surface area (Å²) in [6.45, 7) is 13.4. The Morgan fingerprint density at radius 2 is 2.19 bits per heavy atom. The Morgan fingerprint density at radius 1 is 1.38 bits per heavy atom. The number of hydrogen-bond acceptors (Lipinski definition) is 4. The molecule has 0 bridgehead atoms. The molecule has 0 aromatic carbocycles. The number of piperidine rings is 1. The summed E-state index contributed by atoms with van der Waals surface area (Å²) >= 11 is 0. The molecule has 1 aliphatic rings. The number of hydrogen-bond donors (Lipinski definition) is 2. The second kappa shape index (κ2) is 12.5. The summed E-state index contributed by atoms with van der Waals surface area (Å²) in [7, 11) is 0. The SMILES string of the molecule is CCNC(=NCc1cc(C(C)C)no1)NCCCN1CCCCC1C.I. The van der Waals surface area contributed by atoms with E-state index in [0.29, 0.717) is 12.5 Å². The van der Waals surface area contributed by atoms with Crippen molar-refractivity contribution in [3.8, 4) is 0 Å². The van der Waals surface area contributed by atoms with Gasteiger partial charge in [-0.1, -0.05) is 25.4 Å². The average molecular weight is 477 g/mol. The number of rotatable bonds is 8. The van der Waals surface area contributed by atoms with Crippen molar-refractivity contribution in [3.63, 3.8) is 0 Å². The summed E-state index contributed by atoms with van der Waals surface area (Å²) in [5, 5.41) is 10.8. The van der Waals surface area contributed by atoms with Gasteiger partial charge in [0.1, 0.15) is 6.54 Å². The number of likely N-dealkylation sites (tertiary alicyclic amines) is 1. The van der Waals surface area contributed by atoms with Crippen molar-refractivity contribution in [2.45, 2.75) is 71.9 Å². The van der Waals surface area contributed by atoms with Crippen molar-refractivity contribution in [2.24, 2.45) is 4.99 Å². The van der Waals surface area contributed by atoms with Crippen molar-refractivity contribution < 1.29 is 4.52 Å². The average Bonchev–Trinajstić information content (AvgIpc) is 3.07. The maximum Gasteiger partial charge on any atom is 0.191 e. The molecule has 1 aliphatic heterocycles. The fraction of sp³-hybridized carbons (Fsp3) is 0.789. The van der Waals surface area contributed by atoms with Gasteiger partial charge in [-0.05, 0) is 45.6 Å². The maximum atomic E-state index is 5.35. The van der Waals surface area contributed by atoms with Crippen LogP contribution in [0.1, 0.15) is 70.8 Å². The maximum absolute atomic E-state index is 5.35. The van der Waals surface area contributed by atoms with Gasteiger partial charge in [-0.15, -0.1) is 24.0 Å². The normalized spacial score (nSPS) is 18.7. The molecule has 0 spiro atoms. The van der Waals surface area contributed by atoms with Crippen LogP contribution in [0.4, 0.5) is 0 Å². The van der Waals surface area contributed by atoms with E-state index in [1.807, 2.05) is 6.07 Å². The lowest BCUT2D eigenvalue weighted by molar-refractivity contribution is 0.159. The van der Waals surface area contributed by atoms with Crippen LogP contribution >= 0.6 is 24.0 Å². The molecule has 26 heavy (non-hydrogen) atoms. The third-order valence-electron chi connectivity index (χ3n) is 4.76. The van der Waals surface area contributed by atoms with Gasteiger partial charge in [0.2, 0.25) is 0 Å². The Balaban J connectivity index is 0.00000338. The zero-order valence-electron chi connectivity index (χ0n) is 16.8. The number of halogens is 1. The summed E-state index contributed by atoms with van der Waals surface area (Å²) in [5.74, 6) is 2.03. The van der Waals surface area contributed by atoms with Crippen LogP contribution in [0.25, 0.3) is 0 Å². The number of aliphatic imine (C=N–C) groups is 1. The third-order valence-corrected chi connectivity index (χ3v) is 4.76. The summed E-state index contributed by atoms with van der Waals surface area (Å²) in [5.41, 5.74) is 0.985. The van der Waals surface area contributed by atoms with E-state index >= 15 is 0 Å². The van der Waals surface area contributed by atoms with Crippen LogP contribution in [0.15, 0.2) is 15.6 Å². The van der Waals surface area contributed by atoms with E-state index in [-0.39, 0.29) is 24.0 Å². The highest BCUT2D eigenvalue weighted by atomic mass is 127. The monoisotopic (exact) mass is 477 g/mol. The lowest BCUT2D eigenvalue weighted by Gasteiger charge is -2.33. The second-order valence-corrected chi connectivity index (χ2v) is 7.23. The first-order valence-electron chi connectivity index (χ1n) is 9.81. The molecule has 6 nitrogen and oxygen atoms in total. The topological polar surface area (TPSA) is 65.7 Å². The summed E-state index contributed by atoms with van der Waals surface area (Å²) in [6.07, 6.45) is 5.20. The zero-order valence-corrected chi connectivity index (χ0v) is 19.1. The molecule has 2 heterocycles. The molecule has 1 aromatic heterocycles. The molecular weight excluding hydrogens is 441 g/mol. The summed E-state index contributed by atoms with van der Waals surface area (Å²) in [4.78, 5) is 7.21. The first-order chi connectivity index (χ1) is 12.1. The minimum atomic E-state index is 0. The molecule has 0 saturated carbocycles. The second-order valence-electron chi connectivity index (χ2n) is 7.23. The molecule has 0 amide bonds. The minimum absolute atomic E-state index is 0. The van der Waals surface area contributed by atoms with Crippen molar-refractivity contribution >= 4 is 29.9 Å². The minimum Gasteiger partial charge on any atom is -0.359 e. The van der Waals surface area contributed by atoms with Gasteiger partial charge in [-0.2, -0.15) is 0 Å². The fourth-order valence-electron chi connectivity index (χ4n) is 3.15. The summed E-state index contributed by atoms with van der Waals surface area (Å²) < 4.78 is 5.35. The van der Waals surface area contributed by atoms with Crippen molar-refractivity contribution in [1.82, 2.24) is 20.7 Å². The van der Waals surface area contributed by atoms with Crippen LogP contribution in [0.5, 0.6) is 0 Å². The molecule has 2 rings (SSSR count). The number of nitrogens with zero attached hydrogens (tertiary/aromatic N) is 3. The highest BCUT2D eigenvalue weighted by molar-refractivity contribution is 14.0. The van der Waals surface area contributed by atoms with Crippen molar-refractivity contribution in [2.75, 3.05) is 26.2 Å². The molecule has 0 radical (unpaired) electrons. The van der Waals surface area contributed by atoms with E-state index in [4.69, 9.17) is 4.52 Å². The van der Waals surface area contributed by atoms with Gasteiger partial charge in [-0.3, -0.25) is 0 Å². The lowest BCUT2D eigenvalue weighted by Crippen LogP contribution is -2.41. The van der Waals surface area contributed by atoms with E-state index in [9.17, 15) is 0 Å². The number of guanidine groups is 1. The Morgan fingerprint density at radius 3 is 2.85 bits per heavy atom. The van der Waals surface area contributed by atoms with E-state index in [1.54, 1.807) is 0 Å². The summed E-state index contributed by atoms with van der Waals surface area (Å²) in [6, 6.07) is 2.73. The van der Waals surface area contributed by atoms with Crippen LogP contribution in [0.2, 0.25) is 0 Å². The lowest BCUT2D eigenvalue weighted by atomic mass is 10.0. The first kappa shape index (κ1) is 23.2. The van der Waals surface area contributed by atoms with Crippen LogP contribution in [-0.2, 0) is 6.54 Å². The van der Waals surface area contributed by atoms with E-state index in [0.717, 1.165) is 49.5 Å². The van der Waals surface area contributed by atoms with Gasteiger partial charge < -0.3 is 20.1 Å². The van der Waals surface area contributed by atoms with Gasteiger partial charge in [0, 0.05) is 31.7 Å². The van der Waals surface area contributed by atoms with Crippen molar-refractivity contribution in [3.05, 3.63) is 17.5 Å². The van der Waals surface area contributed by atoms with Crippen LogP contribution < -0.4 is 10.6 Å². The highest BCUT2D eigenvalue weighted by Crippen LogP contribution is 2.16. The predicted molar refractivity (Wildman–Crippen MR) is 118 cm³/mol. The Labute approximate surface area is 175 Å². The number of aromatic nitrogens is 1. The van der Waals surface area contributed by atoms with E-state index in [1.165, 1.54) is 25.8 Å².